The monoisotopic (exact) mass is 343 g/mol. The van der Waals surface area contributed by atoms with Crippen molar-refractivity contribution >= 4 is 21.6 Å². The van der Waals surface area contributed by atoms with Crippen LogP contribution in [0.2, 0.25) is 0 Å². The van der Waals surface area contributed by atoms with Crippen molar-refractivity contribution in [3.63, 3.8) is 0 Å². The molecule has 0 spiro atoms. The number of sulfonamides is 1. The normalized spacial score (nSPS) is 11.7. The number of alkyl halides is 3. The summed E-state index contributed by atoms with van der Waals surface area (Å²) in [4.78, 5) is 0. The summed E-state index contributed by atoms with van der Waals surface area (Å²) in [5.41, 5.74) is 0.724. The fourth-order valence-corrected chi connectivity index (χ4v) is 2.96. The van der Waals surface area contributed by atoms with Crippen molar-refractivity contribution in [2.45, 2.75) is 13.0 Å². The molecule has 0 saturated heterocycles. The molecule has 0 unspecified atom stereocenters. The van der Waals surface area contributed by atoms with Gasteiger partial charge in [0.2, 0.25) is 10.0 Å². The van der Waals surface area contributed by atoms with Gasteiger partial charge in [0, 0.05) is 12.4 Å². The smallest absolute Gasteiger partial charge is 0.387 e. The Kier molecular flexibility index (Phi) is 7.13. The van der Waals surface area contributed by atoms with Crippen LogP contribution in [0.25, 0.3) is 0 Å². The standard InChI is InChI=1S/C12H16ClF2NO4S/c1-19-11-8-9(2-3-10(11)20-12(14)15)4-6-16-21(17,18)7-5-13/h2-3,8,12,16H,4-7H2,1H3. The van der Waals surface area contributed by atoms with Crippen molar-refractivity contribution in [2.24, 2.45) is 0 Å². The highest BCUT2D eigenvalue weighted by Crippen LogP contribution is 2.29. The van der Waals surface area contributed by atoms with E-state index in [2.05, 4.69) is 9.46 Å². The van der Waals surface area contributed by atoms with E-state index in [9.17, 15) is 17.2 Å². The number of benzene rings is 1. The van der Waals surface area contributed by atoms with Crippen molar-refractivity contribution in [3.05, 3.63) is 23.8 Å². The molecule has 0 amide bonds. The van der Waals surface area contributed by atoms with E-state index in [1.165, 1.54) is 19.2 Å². The van der Waals surface area contributed by atoms with Gasteiger partial charge in [-0.05, 0) is 24.1 Å². The lowest BCUT2D eigenvalue weighted by atomic mass is 10.1. The highest BCUT2D eigenvalue weighted by atomic mass is 35.5. The predicted molar refractivity (Wildman–Crippen MR) is 75.8 cm³/mol. The Morgan fingerprint density at radius 1 is 1.33 bits per heavy atom. The number of methoxy groups -OCH3 is 1. The van der Waals surface area contributed by atoms with Crippen LogP contribution >= 0.6 is 11.6 Å². The fraction of sp³-hybridized carbons (Fsp3) is 0.500. The zero-order chi connectivity index (χ0) is 15.9. The number of hydrogen-bond donors (Lipinski definition) is 1. The van der Waals surface area contributed by atoms with Crippen molar-refractivity contribution < 1.29 is 26.7 Å². The summed E-state index contributed by atoms with van der Waals surface area (Å²) in [7, 11) is -2.04. The number of hydrogen-bond acceptors (Lipinski definition) is 4. The number of ether oxygens (including phenoxy) is 2. The van der Waals surface area contributed by atoms with E-state index in [1.807, 2.05) is 0 Å². The molecule has 1 N–H and O–H groups in total. The zero-order valence-corrected chi connectivity index (χ0v) is 12.9. The Hall–Kier alpha value is -1.12. The molecular weight excluding hydrogens is 328 g/mol. The van der Waals surface area contributed by atoms with Gasteiger partial charge in [0.15, 0.2) is 11.5 Å². The molecule has 5 nitrogen and oxygen atoms in total. The van der Waals surface area contributed by atoms with E-state index < -0.39 is 16.6 Å². The predicted octanol–water partition coefficient (Wildman–Crippen LogP) is 2.00. The van der Waals surface area contributed by atoms with Gasteiger partial charge < -0.3 is 9.47 Å². The summed E-state index contributed by atoms with van der Waals surface area (Å²) in [6.45, 7) is -2.76. The van der Waals surface area contributed by atoms with Gasteiger partial charge in [0.05, 0.1) is 12.9 Å². The molecule has 0 saturated carbocycles. The summed E-state index contributed by atoms with van der Waals surface area (Å²) in [5, 5.41) is 0. The molecule has 120 valence electrons. The van der Waals surface area contributed by atoms with Crippen LogP contribution in [0.4, 0.5) is 8.78 Å². The first-order valence-electron chi connectivity index (χ1n) is 6.03. The van der Waals surface area contributed by atoms with Crippen LogP contribution in [0.3, 0.4) is 0 Å². The fourth-order valence-electron chi connectivity index (χ4n) is 1.59. The van der Waals surface area contributed by atoms with E-state index in [0.29, 0.717) is 6.42 Å². The minimum absolute atomic E-state index is 0.0167. The zero-order valence-electron chi connectivity index (χ0n) is 11.3. The second-order valence-electron chi connectivity index (χ2n) is 4.02. The molecule has 0 aliphatic heterocycles. The Labute approximate surface area is 127 Å². The van der Waals surface area contributed by atoms with Crippen molar-refractivity contribution in [3.8, 4) is 11.5 Å². The molecule has 9 heteroatoms. The van der Waals surface area contributed by atoms with Gasteiger partial charge in [-0.1, -0.05) is 6.07 Å². The molecule has 0 fully saturated rings. The van der Waals surface area contributed by atoms with Crippen LogP contribution in [0, 0.1) is 0 Å². The van der Waals surface area contributed by atoms with E-state index in [0.717, 1.165) is 5.56 Å². The first-order chi connectivity index (χ1) is 9.88. The second kappa shape index (κ2) is 8.35. The molecule has 1 aromatic rings. The average molecular weight is 344 g/mol. The highest BCUT2D eigenvalue weighted by molar-refractivity contribution is 7.89. The van der Waals surface area contributed by atoms with E-state index in [-0.39, 0.29) is 29.7 Å². The van der Waals surface area contributed by atoms with E-state index in [1.54, 1.807) is 6.07 Å². The molecule has 1 rings (SSSR count). The number of rotatable bonds is 9. The molecule has 21 heavy (non-hydrogen) atoms. The number of nitrogens with one attached hydrogen (secondary N) is 1. The summed E-state index contributed by atoms with van der Waals surface area (Å²) in [6.07, 6.45) is 0.382. The first kappa shape index (κ1) is 17.9. The third-order valence-electron chi connectivity index (χ3n) is 2.53. The van der Waals surface area contributed by atoms with Crippen LogP contribution in [0.5, 0.6) is 11.5 Å². The van der Waals surface area contributed by atoms with Crippen molar-refractivity contribution in [2.75, 3.05) is 25.3 Å². The lowest BCUT2D eigenvalue weighted by Gasteiger charge is -2.11. The number of halogens is 3. The molecule has 0 aliphatic carbocycles. The summed E-state index contributed by atoms with van der Waals surface area (Å²) >= 11 is 5.37. The molecular formula is C12H16ClF2NO4S. The van der Waals surface area contributed by atoms with Gasteiger partial charge in [-0.25, -0.2) is 13.1 Å². The summed E-state index contributed by atoms with van der Waals surface area (Å²) < 4.78 is 58.8. The van der Waals surface area contributed by atoms with E-state index in [4.69, 9.17) is 16.3 Å². The van der Waals surface area contributed by atoms with Crippen molar-refractivity contribution in [1.82, 2.24) is 4.72 Å². The highest BCUT2D eigenvalue weighted by Gasteiger charge is 2.12. The second-order valence-corrected chi connectivity index (χ2v) is 6.32. The molecule has 1 aromatic carbocycles. The van der Waals surface area contributed by atoms with Gasteiger partial charge in [0.1, 0.15) is 0 Å². The molecule has 0 heterocycles. The quantitative estimate of drug-likeness (QED) is 0.696. The van der Waals surface area contributed by atoms with Crippen LogP contribution in [-0.2, 0) is 16.4 Å². The molecule has 0 aromatic heterocycles. The molecule has 0 radical (unpaired) electrons. The lowest BCUT2D eigenvalue weighted by Crippen LogP contribution is -2.28. The van der Waals surface area contributed by atoms with Crippen LogP contribution in [0.15, 0.2) is 18.2 Å². The van der Waals surface area contributed by atoms with Gasteiger partial charge in [-0.15, -0.1) is 11.6 Å². The Morgan fingerprint density at radius 3 is 2.62 bits per heavy atom. The van der Waals surface area contributed by atoms with Gasteiger partial charge in [-0.2, -0.15) is 8.78 Å². The van der Waals surface area contributed by atoms with Crippen LogP contribution in [0.1, 0.15) is 5.56 Å². The van der Waals surface area contributed by atoms with Gasteiger partial charge in [-0.3, -0.25) is 0 Å². The molecule has 0 aliphatic rings. The largest absolute Gasteiger partial charge is 0.493 e. The minimum Gasteiger partial charge on any atom is -0.493 e. The maximum absolute atomic E-state index is 12.2. The maximum atomic E-state index is 12.2. The Bertz CT molecular complexity index is 554. The first-order valence-corrected chi connectivity index (χ1v) is 8.21. The van der Waals surface area contributed by atoms with Crippen LogP contribution < -0.4 is 14.2 Å². The summed E-state index contributed by atoms with van der Waals surface area (Å²) in [5.74, 6) is -0.0441. The topological polar surface area (TPSA) is 64.6 Å². The SMILES string of the molecule is COc1cc(CCNS(=O)(=O)CCCl)ccc1OC(F)F. The summed E-state index contributed by atoms with van der Waals surface area (Å²) in [6, 6.07) is 4.44. The van der Waals surface area contributed by atoms with Gasteiger partial charge >= 0.3 is 6.61 Å². The van der Waals surface area contributed by atoms with Crippen molar-refractivity contribution in [1.29, 1.82) is 0 Å². The van der Waals surface area contributed by atoms with Crippen LogP contribution in [-0.4, -0.2) is 40.3 Å². The molecule has 0 atom stereocenters. The van der Waals surface area contributed by atoms with Gasteiger partial charge in [0.25, 0.3) is 0 Å². The minimum atomic E-state index is -3.38. The average Bonchev–Trinajstić information content (AvgIpc) is 2.39. The Morgan fingerprint density at radius 2 is 2.05 bits per heavy atom. The maximum Gasteiger partial charge on any atom is 0.387 e. The van der Waals surface area contributed by atoms with E-state index >= 15 is 0 Å². The molecule has 0 bridgehead atoms. The Balaban J connectivity index is 2.64. The third-order valence-corrected chi connectivity index (χ3v) is 4.32. The lowest BCUT2D eigenvalue weighted by molar-refractivity contribution is -0.0512. The third kappa shape index (κ3) is 6.45.